The summed E-state index contributed by atoms with van der Waals surface area (Å²) in [5.74, 6) is 0.684. The van der Waals surface area contributed by atoms with Gasteiger partial charge in [0.2, 0.25) is 11.8 Å². The Labute approximate surface area is 81.2 Å². The van der Waals surface area contributed by atoms with E-state index in [1.54, 1.807) is 6.92 Å². The highest BCUT2D eigenvalue weighted by Gasteiger charge is 2.15. The standard InChI is InChI=1S/C10H10N2O2/c1-7-11-12-10(14-7)9(13)8-5-3-2-4-6-8/h2-6,9,13H,1H3. The average molecular weight is 190 g/mol. The van der Waals surface area contributed by atoms with Gasteiger partial charge in [-0.25, -0.2) is 0 Å². The quantitative estimate of drug-likeness (QED) is 0.778. The van der Waals surface area contributed by atoms with Gasteiger partial charge < -0.3 is 9.52 Å². The van der Waals surface area contributed by atoms with Crippen LogP contribution in [0, 0.1) is 6.92 Å². The first kappa shape index (κ1) is 8.90. The van der Waals surface area contributed by atoms with Crippen LogP contribution in [0.25, 0.3) is 0 Å². The lowest BCUT2D eigenvalue weighted by atomic mass is 10.1. The Morgan fingerprint density at radius 1 is 1.21 bits per heavy atom. The zero-order chi connectivity index (χ0) is 9.97. The first-order valence-electron chi connectivity index (χ1n) is 4.30. The van der Waals surface area contributed by atoms with Gasteiger partial charge in [-0.05, 0) is 5.56 Å². The molecule has 1 aromatic heterocycles. The van der Waals surface area contributed by atoms with Crippen LogP contribution in [0.2, 0.25) is 0 Å². The maximum absolute atomic E-state index is 9.81. The maximum Gasteiger partial charge on any atom is 0.249 e. The van der Waals surface area contributed by atoms with Gasteiger partial charge in [-0.15, -0.1) is 10.2 Å². The van der Waals surface area contributed by atoms with E-state index in [9.17, 15) is 5.11 Å². The van der Waals surface area contributed by atoms with Gasteiger partial charge in [-0.2, -0.15) is 0 Å². The van der Waals surface area contributed by atoms with Crippen LogP contribution in [0.3, 0.4) is 0 Å². The largest absolute Gasteiger partial charge is 0.422 e. The van der Waals surface area contributed by atoms with Crippen molar-refractivity contribution < 1.29 is 9.52 Å². The second-order valence-corrected chi connectivity index (χ2v) is 2.97. The third-order valence-corrected chi connectivity index (χ3v) is 1.89. The molecule has 14 heavy (non-hydrogen) atoms. The molecule has 0 bridgehead atoms. The van der Waals surface area contributed by atoms with E-state index in [1.807, 2.05) is 30.3 Å². The highest BCUT2D eigenvalue weighted by Crippen LogP contribution is 2.19. The van der Waals surface area contributed by atoms with Crippen molar-refractivity contribution in [1.82, 2.24) is 10.2 Å². The molecule has 0 amide bonds. The number of hydrogen-bond acceptors (Lipinski definition) is 4. The second kappa shape index (κ2) is 3.59. The topological polar surface area (TPSA) is 59.2 Å². The van der Waals surface area contributed by atoms with Crippen LogP contribution >= 0.6 is 0 Å². The molecule has 1 atom stereocenters. The normalized spacial score (nSPS) is 12.7. The van der Waals surface area contributed by atoms with Crippen molar-refractivity contribution in [3.05, 3.63) is 47.7 Å². The molecule has 2 rings (SSSR count). The van der Waals surface area contributed by atoms with Crippen LogP contribution in [0.15, 0.2) is 34.7 Å². The van der Waals surface area contributed by atoms with E-state index >= 15 is 0 Å². The fourth-order valence-electron chi connectivity index (χ4n) is 1.20. The molecule has 0 fully saturated rings. The predicted molar refractivity (Wildman–Crippen MR) is 49.5 cm³/mol. The van der Waals surface area contributed by atoms with E-state index in [-0.39, 0.29) is 5.89 Å². The van der Waals surface area contributed by atoms with E-state index in [1.165, 1.54) is 0 Å². The molecule has 4 nitrogen and oxygen atoms in total. The molecule has 1 N–H and O–H groups in total. The van der Waals surface area contributed by atoms with E-state index in [0.717, 1.165) is 5.56 Å². The Balaban J connectivity index is 2.29. The van der Waals surface area contributed by atoms with Crippen molar-refractivity contribution in [2.75, 3.05) is 0 Å². The molecule has 1 unspecified atom stereocenters. The average Bonchev–Trinajstić information content (AvgIpc) is 2.65. The number of benzene rings is 1. The molecule has 1 aromatic carbocycles. The van der Waals surface area contributed by atoms with Gasteiger partial charge in [0.25, 0.3) is 0 Å². The van der Waals surface area contributed by atoms with Crippen LogP contribution in [0.5, 0.6) is 0 Å². The molecular weight excluding hydrogens is 180 g/mol. The number of aliphatic hydroxyl groups excluding tert-OH is 1. The summed E-state index contributed by atoms with van der Waals surface area (Å²) in [4.78, 5) is 0. The number of rotatable bonds is 2. The van der Waals surface area contributed by atoms with Crippen LogP contribution in [-0.2, 0) is 0 Å². The number of aryl methyl sites for hydroxylation is 1. The molecule has 0 aliphatic heterocycles. The minimum Gasteiger partial charge on any atom is -0.422 e. The monoisotopic (exact) mass is 190 g/mol. The van der Waals surface area contributed by atoms with Gasteiger partial charge in [-0.3, -0.25) is 0 Å². The van der Waals surface area contributed by atoms with Gasteiger partial charge in [0.05, 0.1) is 0 Å². The maximum atomic E-state index is 9.81. The van der Waals surface area contributed by atoms with Gasteiger partial charge in [-0.1, -0.05) is 30.3 Å². The van der Waals surface area contributed by atoms with E-state index in [0.29, 0.717) is 5.89 Å². The van der Waals surface area contributed by atoms with E-state index < -0.39 is 6.10 Å². The molecule has 1 heterocycles. The van der Waals surface area contributed by atoms with Crippen molar-refractivity contribution in [2.24, 2.45) is 0 Å². The SMILES string of the molecule is Cc1nnc(C(O)c2ccccc2)o1. The lowest BCUT2D eigenvalue weighted by Crippen LogP contribution is -1.99. The molecule has 4 heteroatoms. The molecule has 0 aliphatic rings. The fraction of sp³-hybridized carbons (Fsp3) is 0.200. The Kier molecular flexibility index (Phi) is 2.28. The Morgan fingerprint density at radius 3 is 2.50 bits per heavy atom. The van der Waals surface area contributed by atoms with Crippen LogP contribution in [-0.4, -0.2) is 15.3 Å². The van der Waals surface area contributed by atoms with Gasteiger partial charge in [0.1, 0.15) is 0 Å². The number of nitrogens with zero attached hydrogens (tertiary/aromatic N) is 2. The highest BCUT2D eigenvalue weighted by atomic mass is 16.4. The first-order valence-corrected chi connectivity index (χ1v) is 4.30. The fourth-order valence-corrected chi connectivity index (χ4v) is 1.20. The van der Waals surface area contributed by atoms with Gasteiger partial charge in [0, 0.05) is 6.92 Å². The summed E-state index contributed by atoms with van der Waals surface area (Å²) in [5.41, 5.74) is 0.746. The summed E-state index contributed by atoms with van der Waals surface area (Å²) < 4.78 is 5.13. The molecule has 72 valence electrons. The van der Waals surface area contributed by atoms with Crippen molar-refractivity contribution in [3.8, 4) is 0 Å². The summed E-state index contributed by atoms with van der Waals surface area (Å²) in [6.07, 6.45) is -0.836. The summed E-state index contributed by atoms with van der Waals surface area (Å²) in [6, 6.07) is 9.20. The van der Waals surface area contributed by atoms with Crippen molar-refractivity contribution in [1.29, 1.82) is 0 Å². The Morgan fingerprint density at radius 2 is 1.93 bits per heavy atom. The third-order valence-electron chi connectivity index (χ3n) is 1.89. The molecule has 0 saturated heterocycles. The minimum absolute atomic E-state index is 0.230. The van der Waals surface area contributed by atoms with Crippen molar-refractivity contribution in [3.63, 3.8) is 0 Å². The number of aliphatic hydroxyl groups is 1. The minimum atomic E-state index is -0.836. The molecule has 0 spiro atoms. The summed E-state index contributed by atoms with van der Waals surface area (Å²) in [6.45, 7) is 1.69. The summed E-state index contributed by atoms with van der Waals surface area (Å²) in [7, 11) is 0. The third kappa shape index (κ3) is 1.65. The predicted octanol–water partition coefficient (Wildman–Crippen LogP) is 1.46. The number of hydrogen-bond donors (Lipinski definition) is 1. The van der Waals surface area contributed by atoms with Gasteiger partial charge in [0.15, 0.2) is 6.10 Å². The highest BCUT2D eigenvalue weighted by molar-refractivity contribution is 5.21. The summed E-state index contributed by atoms with van der Waals surface area (Å²) >= 11 is 0. The first-order chi connectivity index (χ1) is 6.77. The number of aromatic nitrogens is 2. The van der Waals surface area contributed by atoms with Gasteiger partial charge >= 0.3 is 0 Å². The summed E-state index contributed by atoms with van der Waals surface area (Å²) in [5, 5.41) is 17.2. The Bertz CT molecular complexity index is 411. The van der Waals surface area contributed by atoms with Crippen molar-refractivity contribution >= 4 is 0 Å². The van der Waals surface area contributed by atoms with Crippen LogP contribution in [0.4, 0.5) is 0 Å². The van der Waals surface area contributed by atoms with E-state index in [2.05, 4.69) is 10.2 Å². The zero-order valence-corrected chi connectivity index (χ0v) is 7.71. The molecule has 0 aliphatic carbocycles. The lowest BCUT2D eigenvalue weighted by Gasteiger charge is -2.04. The van der Waals surface area contributed by atoms with Crippen LogP contribution < -0.4 is 0 Å². The molecule has 2 aromatic rings. The molecule has 0 radical (unpaired) electrons. The smallest absolute Gasteiger partial charge is 0.249 e. The Hall–Kier alpha value is -1.68. The van der Waals surface area contributed by atoms with Crippen LogP contribution in [0.1, 0.15) is 23.4 Å². The van der Waals surface area contributed by atoms with E-state index in [4.69, 9.17) is 4.42 Å². The second-order valence-electron chi connectivity index (χ2n) is 2.97. The zero-order valence-electron chi connectivity index (χ0n) is 7.71. The lowest BCUT2D eigenvalue weighted by molar-refractivity contribution is 0.181. The molecule has 0 saturated carbocycles. The van der Waals surface area contributed by atoms with Crippen molar-refractivity contribution in [2.45, 2.75) is 13.0 Å². The molecular formula is C10H10N2O2.